The van der Waals surface area contributed by atoms with Crippen molar-refractivity contribution in [2.45, 2.75) is 20.1 Å². The lowest BCUT2D eigenvalue weighted by atomic mass is 10.1. The van der Waals surface area contributed by atoms with Crippen molar-refractivity contribution in [2.24, 2.45) is 0 Å². The first-order chi connectivity index (χ1) is 16.2. The quantitative estimate of drug-likeness (QED) is 0.538. The minimum atomic E-state index is -0.179. The number of hydrogen-bond donors (Lipinski definition) is 1. The lowest BCUT2D eigenvalue weighted by Crippen LogP contribution is -2.36. The minimum absolute atomic E-state index is 0.179. The topological polar surface area (TPSA) is 85.8 Å². The third kappa shape index (κ3) is 6.20. The van der Waals surface area contributed by atoms with Crippen molar-refractivity contribution in [1.82, 2.24) is 15.3 Å². The highest BCUT2D eigenvalue weighted by molar-refractivity contribution is 5.94. The molecule has 0 bridgehead atoms. The Kier molecular flexibility index (Phi) is 7.71. The number of pyridine rings is 2. The summed E-state index contributed by atoms with van der Waals surface area (Å²) in [7, 11) is 0. The number of carbonyl (C=O) groups is 1. The van der Waals surface area contributed by atoms with Gasteiger partial charge in [0.1, 0.15) is 12.4 Å². The van der Waals surface area contributed by atoms with Crippen LogP contribution in [0.15, 0.2) is 61.1 Å². The van der Waals surface area contributed by atoms with E-state index in [1.807, 2.05) is 31.2 Å². The average Bonchev–Trinajstić information content (AvgIpc) is 2.88. The van der Waals surface area contributed by atoms with Gasteiger partial charge in [0, 0.05) is 43.8 Å². The molecule has 3 aromatic rings. The zero-order chi connectivity index (χ0) is 22.9. The fourth-order valence-electron chi connectivity index (χ4n) is 3.50. The summed E-state index contributed by atoms with van der Waals surface area (Å²) in [4.78, 5) is 23.4. The van der Waals surface area contributed by atoms with Crippen LogP contribution in [0, 0.1) is 0 Å². The van der Waals surface area contributed by atoms with Gasteiger partial charge in [-0.2, -0.15) is 0 Å². The monoisotopic (exact) mass is 448 g/mol. The van der Waals surface area contributed by atoms with Gasteiger partial charge >= 0.3 is 0 Å². The van der Waals surface area contributed by atoms with Gasteiger partial charge in [0.2, 0.25) is 0 Å². The van der Waals surface area contributed by atoms with E-state index in [-0.39, 0.29) is 5.91 Å². The van der Waals surface area contributed by atoms with Crippen LogP contribution in [0.3, 0.4) is 0 Å². The molecule has 1 aromatic carbocycles. The molecule has 0 radical (unpaired) electrons. The number of nitrogens with zero attached hydrogens (tertiary/aromatic N) is 3. The van der Waals surface area contributed by atoms with E-state index in [2.05, 4.69) is 20.2 Å². The fraction of sp³-hybridized carbons (Fsp3) is 0.320. The molecule has 33 heavy (non-hydrogen) atoms. The van der Waals surface area contributed by atoms with Gasteiger partial charge < -0.3 is 24.4 Å². The lowest BCUT2D eigenvalue weighted by Gasteiger charge is -2.28. The largest absolute Gasteiger partial charge is 0.490 e. The van der Waals surface area contributed by atoms with Crippen molar-refractivity contribution in [3.63, 3.8) is 0 Å². The maximum Gasteiger partial charge on any atom is 0.251 e. The Morgan fingerprint density at radius 2 is 1.79 bits per heavy atom. The first kappa shape index (κ1) is 22.5. The molecule has 0 atom stereocenters. The molecule has 0 saturated carbocycles. The number of ether oxygens (including phenoxy) is 3. The van der Waals surface area contributed by atoms with Crippen LogP contribution in [-0.2, 0) is 17.9 Å². The Labute approximate surface area is 193 Å². The van der Waals surface area contributed by atoms with Gasteiger partial charge in [-0.25, -0.2) is 4.98 Å². The van der Waals surface area contributed by atoms with Crippen molar-refractivity contribution < 1.29 is 19.0 Å². The van der Waals surface area contributed by atoms with Crippen LogP contribution in [0.25, 0.3) is 0 Å². The molecule has 1 amide bonds. The van der Waals surface area contributed by atoms with Gasteiger partial charge in [-0.05, 0) is 60.5 Å². The molecular weight excluding hydrogens is 420 g/mol. The summed E-state index contributed by atoms with van der Waals surface area (Å²) in [5.41, 5.74) is 2.50. The van der Waals surface area contributed by atoms with Crippen LogP contribution in [0.1, 0.15) is 28.4 Å². The van der Waals surface area contributed by atoms with Crippen molar-refractivity contribution in [3.05, 3.63) is 77.7 Å². The number of carbonyl (C=O) groups excluding carboxylic acids is 1. The smallest absolute Gasteiger partial charge is 0.251 e. The lowest BCUT2D eigenvalue weighted by molar-refractivity contribution is 0.0950. The Morgan fingerprint density at radius 3 is 2.58 bits per heavy atom. The Morgan fingerprint density at radius 1 is 1.00 bits per heavy atom. The second-order valence-corrected chi connectivity index (χ2v) is 7.54. The molecule has 2 aromatic heterocycles. The zero-order valence-electron chi connectivity index (χ0n) is 18.7. The number of rotatable bonds is 9. The number of hydrogen-bond acceptors (Lipinski definition) is 7. The van der Waals surface area contributed by atoms with E-state index in [1.54, 1.807) is 36.8 Å². The molecule has 1 N–H and O–H groups in total. The molecule has 0 unspecified atom stereocenters. The highest BCUT2D eigenvalue weighted by Crippen LogP contribution is 2.29. The normalized spacial score (nSPS) is 13.4. The van der Waals surface area contributed by atoms with Gasteiger partial charge in [0.15, 0.2) is 11.5 Å². The predicted molar refractivity (Wildman–Crippen MR) is 125 cm³/mol. The molecule has 172 valence electrons. The first-order valence-electron chi connectivity index (χ1n) is 11.1. The van der Waals surface area contributed by atoms with E-state index in [0.29, 0.717) is 50.0 Å². The van der Waals surface area contributed by atoms with Crippen LogP contribution in [-0.4, -0.2) is 48.8 Å². The van der Waals surface area contributed by atoms with E-state index in [1.165, 1.54) is 0 Å². The molecule has 1 fully saturated rings. The zero-order valence-corrected chi connectivity index (χ0v) is 18.7. The summed E-state index contributed by atoms with van der Waals surface area (Å²) in [6.07, 6.45) is 5.22. The van der Waals surface area contributed by atoms with E-state index in [4.69, 9.17) is 14.2 Å². The van der Waals surface area contributed by atoms with Crippen LogP contribution >= 0.6 is 0 Å². The number of anilines is 1. The molecule has 1 aliphatic rings. The van der Waals surface area contributed by atoms with Gasteiger partial charge in [-0.15, -0.1) is 0 Å². The highest BCUT2D eigenvalue weighted by atomic mass is 16.5. The van der Waals surface area contributed by atoms with Crippen LogP contribution in [0.5, 0.6) is 11.5 Å². The molecule has 0 spiro atoms. The molecule has 8 heteroatoms. The summed E-state index contributed by atoms with van der Waals surface area (Å²) < 4.78 is 17.0. The van der Waals surface area contributed by atoms with E-state index in [9.17, 15) is 4.79 Å². The van der Waals surface area contributed by atoms with Gasteiger partial charge in [0.05, 0.1) is 19.8 Å². The van der Waals surface area contributed by atoms with Gasteiger partial charge in [-0.3, -0.25) is 9.78 Å². The third-order valence-corrected chi connectivity index (χ3v) is 5.25. The summed E-state index contributed by atoms with van der Waals surface area (Å²) >= 11 is 0. The predicted octanol–water partition coefficient (Wildman–Crippen LogP) is 3.22. The van der Waals surface area contributed by atoms with E-state index in [0.717, 1.165) is 30.0 Å². The number of morpholine rings is 1. The molecule has 3 heterocycles. The molecule has 8 nitrogen and oxygen atoms in total. The second-order valence-electron chi connectivity index (χ2n) is 7.54. The number of benzene rings is 1. The van der Waals surface area contributed by atoms with Crippen molar-refractivity contribution in [2.75, 3.05) is 37.8 Å². The highest BCUT2D eigenvalue weighted by Gasteiger charge is 2.14. The number of amides is 1. The molecular formula is C25H28N4O4. The Balaban J connectivity index is 1.39. The van der Waals surface area contributed by atoms with Crippen LogP contribution < -0.4 is 19.7 Å². The Bertz CT molecular complexity index is 1060. The number of aromatic nitrogens is 2. The second kappa shape index (κ2) is 11.3. The average molecular weight is 449 g/mol. The summed E-state index contributed by atoms with van der Waals surface area (Å²) in [5, 5.41) is 2.98. The SMILES string of the molecule is CCOc1cc(C(=O)NCc2ccnc(N3CCOCC3)c2)ccc1OCc1ccncc1. The maximum absolute atomic E-state index is 12.8. The fourth-order valence-corrected chi connectivity index (χ4v) is 3.50. The molecule has 0 aliphatic carbocycles. The van der Waals surface area contributed by atoms with E-state index >= 15 is 0 Å². The van der Waals surface area contributed by atoms with E-state index < -0.39 is 0 Å². The van der Waals surface area contributed by atoms with Crippen LogP contribution in [0.2, 0.25) is 0 Å². The maximum atomic E-state index is 12.8. The molecule has 4 rings (SSSR count). The van der Waals surface area contributed by atoms with Crippen molar-refractivity contribution in [1.29, 1.82) is 0 Å². The van der Waals surface area contributed by atoms with Gasteiger partial charge in [0.25, 0.3) is 5.91 Å². The summed E-state index contributed by atoms with van der Waals surface area (Å²) in [5.74, 6) is 1.85. The first-order valence-corrected chi connectivity index (χ1v) is 11.1. The van der Waals surface area contributed by atoms with Crippen molar-refractivity contribution in [3.8, 4) is 11.5 Å². The molecule has 1 saturated heterocycles. The minimum Gasteiger partial charge on any atom is -0.490 e. The number of nitrogens with one attached hydrogen (secondary N) is 1. The van der Waals surface area contributed by atoms with Crippen molar-refractivity contribution >= 4 is 11.7 Å². The summed E-state index contributed by atoms with van der Waals surface area (Å²) in [6.45, 7) is 6.20. The Hall–Kier alpha value is -3.65. The summed E-state index contributed by atoms with van der Waals surface area (Å²) in [6, 6.07) is 12.9. The van der Waals surface area contributed by atoms with Gasteiger partial charge in [-0.1, -0.05) is 0 Å². The standard InChI is InChI=1S/C25H28N4O4/c1-2-32-23-16-21(3-4-22(23)33-18-19-5-8-26-9-6-19)25(30)28-17-20-7-10-27-24(15-20)29-11-13-31-14-12-29/h3-10,15-16H,2,11-14,17-18H2,1H3,(H,28,30). The van der Waals surface area contributed by atoms with Crippen LogP contribution in [0.4, 0.5) is 5.82 Å². The molecule has 1 aliphatic heterocycles. The third-order valence-electron chi connectivity index (χ3n) is 5.25.